The van der Waals surface area contributed by atoms with Crippen molar-refractivity contribution in [3.05, 3.63) is 64.5 Å². The van der Waals surface area contributed by atoms with Crippen molar-refractivity contribution in [3.63, 3.8) is 0 Å². The first kappa shape index (κ1) is 23.1. The van der Waals surface area contributed by atoms with Gasteiger partial charge in [0.05, 0.1) is 17.3 Å². The Morgan fingerprint density at radius 3 is 2.50 bits per heavy atom. The minimum Gasteiger partial charge on any atom is -0.497 e. The third kappa shape index (κ3) is 5.55. The number of methoxy groups -OCH3 is 1. The summed E-state index contributed by atoms with van der Waals surface area (Å²) in [5, 5.41) is 22.0. The van der Waals surface area contributed by atoms with Gasteiger partial charge in [0.2, 0.25) is 5.91 Å². The maximum Gasteiger partial charge on any atom is 0.269 e. The van der Waals surface area contributed by atoms with E-state index in [4.69, 9.17) is 9.47 Å². The number of aromatic nitrogens is 3. The predicted octanol–water partition coefficient (Wildman–Crippen LogP) is 3.99. The molecule has 168 valence electrons. The van der Waals surface area contributed by atoms with Crippen molar-refractivity contribution in [2.24, 2.45) is 7.05 Å². The Morgan fingerprint density at radius 2 is 1.84 bits per heavy atom. The molecule has 1 amide bonds. The molecule has 0 bridgehead atoms. The molecule has 2 unspecified atom stereocenters. The van der Waals surface area contributed by atoms with Gasteiger partial charge in [-0.2, -0.15) is 0 Å². The minimum atomic E-state index is -0.491. The second-order valence-corrected chi connectivity index (χ2v) is 8.20. The van der Waals surface area contributed by atoms with Crippen LogP contribution in [0.3, 0.4) is 0 Å². The van der Waals surface area contributed by atoms with Crippen molar-refractivity contribution in [2.75, 3.05) is 12.4 Å². The van der Waals surface area contributed by atoms with E-state index in [1.807, 2.05) is 32.2 Å². The molecule has 0 aliphatic heterocycles. The van der Waals surface area contributed by atoms with Crippen LogP contribution in [0, 0.1) is 10.1 Å². The highest BCUT2D eigenvalue weighted by Gasteiger charge is 2.22. The van der Waals surface area contributed by atoms with Crippen LogP contribution in [0.15, 0.2) is 53.7 Å². The number of carbonyl (C=O) groups excluding carboxylic acids is 1. The number of nitro benzene ring substituents is 1. The molecule has 0 aliphatic carbocycles. The molecule has 2 aromatic carbocycles. The van der Waals surface area contributed by atoms with E-state index < -0.39 is 10.2 Å². The first-order valence-electron chi connectivity index (χ1n) is 9.70. The highest BCUT2D eigenvalue weighted by atomic mass is 32.2. The van der Waals surface area contributed by atoms with Crippen LogP contribution in [0.25, 0.3) is 0 Å². The van der Waals surface area contributed by atoms with Crippen LogP contribution in [0.5, 0.6) is 11.5 Å². The number of thioether (sulfide) groups is 1. The third-order valence-corrected chi connectivity index (χ3v) is 5.72. The van der Waals surface area contributed by atoms with E-state index in [0.717, 1.165) is 0 Å². The van der Waals surface area contributed by atoms with Gasteiger partial charge < -0.3 is 19.4 Å². The van der Waals surface area contributed by atoms with Crippen molar-refractivity contribution < 1.29 is 19.2 Å². The van der Waals surface area contributed by atoms with Gasteiger partial charge in [0, 0.05) is 30.9 Å². The normalized spacial score (nSPS) is 12.6. The van der Waals surface area contributed by atoms with Gasteiger partial charge in [-0.25, -0.2) is 0 Å². The van der Waals surface area contributed by atoms with Gasteiger partial charge in [-0.1, -0.05) is 17.8 Å². The largest absolute Gasteiger partial charge is 0.497 e. The molecule has 3 aromatic rings. The number of benzene rings is 2. The van der Waals surface area contributed by atoms with E-state index in [1.165, 1.54) is 36.0 Å². The lowest BCUT2D eigenvalue weighted by Gasteiger charge is -2.15. The molecular formula is C21H23N5O5S. The van der Waals surface area contributed by atoms with Crippen LogP contribution < -0.4 is 14.8 Å². The number of nitro groups is 1. The van der Waals surface area contributed by atoms with E-state index >= 15 is 0 Å². The van der Waals surface area contributed by atoms with Gasteiger partial charge in [-0.05, 0) is 38.1 Å². The van der Waals surface area contributed by atoms with E-state index in [1.54, 1.807) is 24.7 Å². The first-order valence-corrected chi connectivity index (χ1v) is 10.6. The molecule has 0 spiro atoms. The van der Waals surface area contributed by atoms with Crippen molar-refractivity contribution in [1.29, 1.82) is 0 Å². The molecule has 3 rings (SSSR count). The van der Waals surface area contributed by atoms with Crippen molar-refractivity contribution in [2.45, 2.75) is 30.4 Å². The molecule has 0 fully saturated rings. The number of non-ortho nitro benzene ring substituents is 1. The lowest BCUT2D eigenvalue weighted by Crippen LogP contribution is -2.23. The van der Waals surface area contributed by atoms with E-state index in [-0.39, 0.29) is 17.7 Å². The fourth-order valence-corrected chi connectivity index (χ4v) is 3.66. The SMILES string of the molecule is COc1cccc(OC(C)c2nnc(SC(C)C(=O)Nc3ccc([N+](=O)[O-])cc3)n2C)c1. The summed E-state index contributed by atoms with van der Waals surface area (Å²) in [7, 11) is 3.40. The minimum absolute atomic E-state index is 0.0395. The number of anilines is 1. The number of nitrogens with zero attached hydrogens (tertiary/aromatic N) is 4. The van der Waals surface area contributed by atoms with Crippen LogP contribution >= 0.6 is 11.8 Å². The van der Waals surface area contributed by atoms with Gasteiger partial charge in [-0.15, -0.1) is 10.2 Å². The van der Waals surface area contributed by atoms with E-state index in [9.17, 15) is 14.9 Å². The van der Waals surface area contributed by atoms with Gasteiger partial charge in [-0.3, -0.25) is 14.9 Å². The molecule has 0 aliphatic rings. The quantitative estimate of drug-likeness (QED) is 0.291. The van der Waals surface area contributed by atoms with Gasteiger partial charge in [0.1, 0.15) is 11.5 Å². The molecular weight excluding hydrogens is 434 g/mol. The summed E-state index contributed by atoms with van der Waals surface area (Å²) >= 11 is 1.25. The summed E-state index contributed by atoms with van der Waals surface area (Å²) in [5.41, 5.74) is 0.439. The fourth-order valence-electron chi connectivity index (χ4n) is 2.84. The number of ether oxygens (including phenoxy) is 2. The van der Waals surface area contributed by atoms with Crippen LogP contribution in [0.1, 0.15) is 25.8 Å². The highest BCUT2D eigenvalue weighted by Crippen LogP contribution is 2.28. The van der Waals surface area contributed by atoms with Crippen LogP contribution in [0.2, 0.25) is 0 Å². The number of nitrogens with one attached hydrogen (secondary N) is 1. The predicted molar refractivity (Wildman–Crippen MR) is 120 cm³/mol. The Labute approximate surface area is 189 Å². The van der Waals surface area contributed by atoms with Gasteiger partial charge in [0.25, 0.3) is 5.69 Å². The topological polar surface area (TPSA) is 121 Å². The summed E-state index contributed by atoms with van der Waals surface area (Å²) < 4.78 is 12.9. The standard InChI is InChI=1S/C21H23N5O5S/c1-13(31-18-7-5-6-17(12-18)30-4)19-23-24-21(25(19)3)32-14(2)20(27)22-15-8-10-16(11-9-15)26(28)29/h5-14H,1-4H3,(H,22,27). The van der Waals surface area contributed by atoms with Gasteiger partial charge >= 0.3 is 0 Å². The molecule has 0 saturated carbocycles. The Balaban J connectivity index is 1.62. The number of rotatable bonds is 9. The van der Waals surface area contributed by atoms with Gasteiger partial charge in [0.15, 0.2) is 17.1 Å². The summed E-state index contributed by atoms with van der Waals surface area (Å²) in [4.78, 5) is 22.8. The van der Waals surface area contributed by atoms with Crippen LogP contribution in [-0.2, 0) is 11.8 Å². The summed E-state index contributed by atoms with van der Waals surface area (Å²) in [5.74, 6) is 1.69. The summed E-state index contributed by atoms with van der Waals surface area (Å²) in [6.07, 6.45) is -0.377. The first-order chi connectivity index (χ1) is 15.3. The van der Waals surface area contributed by atoms with Crippen molar-refractivity contribution in [3.8, 4) is 11.5 Å². The Kier molecular flexibility index (Phi) is 7.31. The highest BCUT2D eigenvalue weighted by molar-refractivity contribution is 8.00. The third-order valence-electron chi connectivity index (χ3n) is 4.58. The lowest BCUT2D eigenvalue weighted by atomic mass is 10.3. The van der Waals surface area contributed by atoms with Crippen LogP contribution in [-0.4, -0.2) is 38.0 Å². The molecule has 2 atom stereocenters. The number of carbonyl (C=O) groups is 1. The number of hydrogen-bond donors (Lipinski definition) is 1. The molecule has 10 nitrogen and oxygen atoms in total. The molecule has 1 aromatic heterocycles. The molecule has 1 N–H and O–H groups in total. The molecule has 0 saturated heterocycles. The second-order valence-electron chi connectivity index (χ2n) is 6.89. The monoisotopic (exact) mass is 457 g/mol. The molecule has 32 heavy (non-hydrogen) atoms. The fraction of sp³-hybridized carbons (Fsp3) is 0.286. The Hall–Kier alpha value is -3.60. The lowest BCUT2D eigenvalue weighted by molar-refractivity contribution is -0.384. The molecule has 0 radical (unpaired) electrons. The number of hydrogen-bond acceptors (Lipinski definition) is 8. The van der Waals surface area contributed by atoms with E-state index in [2.05, 4.69) is 15.5 Å². The summed E-state index contributed by atoms with van der Waals surface area (Å²) in [6.45, 7) is 3.61. The zero-order chi connectivity index (χ0) is 23.3. The maximum atomic E-state index is 12.5. The Bertz CT molecular complexity index is 1100. The average molecular weight is 458 g/mol. The summed E-state index contributed by atoms with van der Waals surface area (Å²) in [6, 6.07) is 12.9. The zero-order valence-electron chi connectivity index (χ0n) is 18.0. The van der Waals surface area contributed by atoms with E-state index in [0.29, 0.717) is 28.2 Å². The van der Waals surface area contributed by atoms with Crippen molar-refractivity contribution >= 4 is 29.0 Å². The maximum absolute atomic E-state index is 12.5. The second kappa shape index (κ2) is 10.1. The molecule has 11 heteroatoms. The number of amides is 1. The smallest absolute Gasteiger partial charge is 0.269 e. The zero-order valence-corrected chi connectivity index (χ0v) is 18.8. The van der Waals surface area contributed by atoms with Crippen LogP contribution in [0.4, 0.5) is 11.4 Å². The van der Waals surface area contributed by atoms with Crippen molar-refractivity contribution in [1.82, 2.24) is 14.8 Å². The Morgan fingerprint density at radius 1 is 1.16 bits per heavy atom. The average Bonchev–Trinajstić information content (AvgIpc) is 3.14. The molecule has 1 heterocycles.